The predicted molar refractivity (Wildman–Crippen MR) is 63.8 cm³/mol. The van der Waals surface area contributed by atoms with Gasteiger partial charge < -0.3 is 9.73 Å². The topological polar surface area (TPSA) is 68.0 Å². The molecule has 0 spiro atoms. The average molecular weight is 252 g/mol. The van der Waals surface area contributed by atoms with Crippen LogP contribution in [0, 0.1) is 6.92 Å². The maximum Gasteiger partial charge on any atom is 0.247 e. The van der Waals surface area contributed by atoms with Crippen molar-refractivity contribution in [1.29, 1.82) is 0 Å². The molecule has 1 aromatic heterocycles. The summed E-state index contributed by atoms with van der Waals surface area (Å²) in [7, 11) is 0. The Kier molecular flexibility index (Phi) is 3.39. The minimum absolute atomic E-state index is 0.0646. The number of rotatable bonds is 3. The van der Waals surface area contributed by atoms with Crippen molar-refractivity contribution < 1.29 is 9.21 Å². The summed E-state index contributed by atoms with van der Waals surface area (Å²) >= 11 is 5.42. The van der Waals surface area contributed by atoms with E-state index in [1.807, 2.05) is 13.0 Å². The number of benzene rings is 1. The largest absolute Gasteiger partial charge is 0.423 e. The number of aryl methyl sites for hydroxylation is 1. The van der Waals surface area contributed by atoms with E-state index in [0.717, 1.165) is 16.8 Å². The molecule has 0 bridgehead atoms. The summed E-state index contributed by atoms with van der Waals surface area (Å²) in [6, 6.07) is 5.43. The molecule has 0 aliphatic rings. The van der Waals surface area contributed by atoms with Crippen LogP contribution in [-0.2, 0) is 4.79 Å². The zero-order valence-electron chi connectivity index (χ0n) is 9.11. The lowest BCUT2D eigenvalue weighted by Gasteiger charge is -2.07. The molecule has 6 heteroatoms. The highest BCUT2D eigenvalue weighted by atomic mass is 35.5. The Morgan fingerprint density at radius 1 is 1.53 bits per heavy atom. The predicted octanol–water partition coefficient (Wildman–Crippen LogP) is 2.22. The maximum absolute atomic E-state index is 11.2. The first kappa shape index (κ1) is 11.6. The van der Waals surface area contributed by atoms with Crippen LogP contribution in [0.4, 0.5) is 5.69 Å². The number of carbonyl (C=O) groups excluding carboxylic acids is 1. The monoisotopic (exact) mass is 251 g/mol. The van der Waals surface area contributed by atoms with Gasteiger partial charge in [-0.15, -0.1) is 21.8 Å². The van der Waals surface area contributed by atoms with Gasteiger partial charge in [0, 0.05) is 11.3 Å². The summed E-state index contributed by atoms with van der Waals surface area (Å²) in [4.78, 5) is 11.2. The van der Waals surface area contributed by atoms with Crippen LogP contribution in [0.2, 0.25) is 0 Å². The molecule has 1 N–H and O–H groups in total. The van der Waals surface area contributed by atoms with Crippen molar-refractivity contribution >= 4 is 23.2 Å². The van der Waals surface area contributed by atoms with Crippen LogP contribution >= 0.6 is 11.6 Å². The van der Waals surface area contributed by atoms with Crippen molar-refractivity contribution in [2.24, 2.45) is 0 Å². The standard InChI is InChI=1S/C11H10ClN3O2/c1-7-4-8(11-15-13-6-17-11)2-3-9(7)14-10(16)5-12/h2-4,6H,5H2,1H3,(H,14,16). The molecule has 0 fully saturated rings. The van der Waals surface area contributed by atoms with E-state index >= 15 is 0 Å². The molecule has 0 aliphatic heterocycles. The van der Waals surface area contributed by atoms with Gasteiger partial charge in [0.25, 0.3) is 0 Å². The number of hydrogen-bond donors (Lipinski definition) is 1. The lowest BCUT2D eigenvalue weighted by Crippen LogP contribution is -2.13. The van der Waals surface area contributed by atoms with Gasteiger partial charge in [-0.2, -0.15) is 0 Å². The Labute approximate surface area is 103 Å². The zero-order valence-corrected chi connectivity index (χ0v) is 9.86. The highest BCUT2D eigenvalue weighted by molar-refractivity contribution is 6.29. The van der Waals surface area contributed by atoms with Gasteiger partial charge in [0.2, 0.25) is 18.2 Å². The maximum atomic E-state index is 11.2. The van der Waals surface area contributed by atoms with Gasteiger partial charge in [0.05, 0.1) is 0 Å². The Bertz CT molecular complexity index is 526. The van der Waals surface area contributed by atoms with Crippen LogP contribution in [0.25, 0.3) is 11.5 Å². The van der Waals surface area contributed by atoms with E-state index in [-0.39, 0.29) is 11.8 Å². The normalized spacial score (nSPS) is 10.2. The quantitative estimate of drug-likeness (QED) is 0.850. The second kappa shape index (κ2) is 4.97. The molecule has 0 atom stereocenters. The van der Waals surface area contributed by atoms with Crippen molar-refractivity contribution in [2.45, 2.75) is 6.92 Å². The highest BCUT2D eigenvalue weighted by Crippen LogP contribution is 2.23. The molecule has 0 aliphatic carbocycles. The number of nitrogens with zero attached hydrogens (tertiary/aromatic N) is 2. The first-order valence-electron chi connectivity index (χ1n) is 4.93. The third-order valence-corrected chi connectivity index (χ3v) is 2.47. The van der Waals surface area contributed by atoms with Crippen LogP contribution < -0.4 is 5.32 Å². The summed E-state index contributed by atoms with van der Waals surface area (Å²) in [6.07, 6.45) is 1.27. The Hall–Kier alpha value is -1.88. The fourth-order valence-corrected chi connectivity index (χ4v) is 1.49. The molecular formula is C11H10ClN3O2. The number of carbonyl (C=O) groups is 1. The van der Waals surface area contributed by atoms with E-state index in [9.17, 15) is 4.79 Å². The van der Waals surface area contributed by atoms with Gasteiger partial charge in [0.1, 0.15) is 5.88 Å². The van der Waals surface area contributed by atoms with Gasteiger partial charge >= 0.3 is 0 Å². The number of amides is 1. The number of aromatic nitrogens is 2. The molecule has 1 amide bonds. The lowest BCUT2D eigenvalue weighted by molar-refractivity contribution is -0.113. The minimum atomic E-state index is -0.236. The van der Waals surface area contributed by atoms with Gasteiger partial charge in [0.15, 0.2) is 0 Å². The van der Waals surface area contributed by atoms with E-state index < -0.39 is 0 Å². The van der Waals surface area contributed by atoms with Gasteiger partial charge in [-0.1, -0.05) is 0 Å². The van der Waals surface area contributed by atoms with Crippen LogP contribution in [0.3, 0.4) is 0 Å². The number of halogens is 1. The smallest absolute Gasteiger partial charge is 0.247 e. The highest BCUT2D eigenvalue weighted by Gasteiger charge is 2.07. The summed E-state index contributed by atoms with van der Waals surface area (Å²) in [6.45, 7) is 1.88. The summed E-state index contributed by atoms with van der Waals surface area (Å²) < 4.78 is 5.09. The van der Waals surface area contributed by atoms with Crippen LogP contribution in [0.1, 0.15) is 5.56 Å². The van der Waals surface area contributed by atoms with E-state index in [4.69, 9.17) is 16.0 Å². The number of nitrogens with one attached hydrogen (secondary N) is 1. The molecule has 2 rings (SSSR count). The van der Waals surface area contributed by atoms with Crippen LogP contribution in [0.5, 0.6) is 0 Å². The number of alkyl halides is 1. The third-order valence-electron chi connectivity index (χ3n) is 2.23. The Morgan fingerprint density at radius 2 is 2.35 bits per heavy atom. The fraction of sp³-hybridized carbons (Fsp3) is 0.182. The lowest BCUT2D eigenvalue weighted by atomic mass is 10.1. The number of anilines is 1. The summed E-state index contributed by atoms with van der Waals surface area (Å²) in [5, 5.41) is 10.1. The SMILES string of the molecule is Cc1cc(-c2nnco2)ccc1NC(=O)CCl. The van der Waals surface area contributed by atoms with E-state index in [1.165, 1.54) is 6.39 Å². The molecule has 1 aromatic carbocycles. The van der Waals surface area contributed by atoms with Crippen molar-refractivity contribution in [1.82, 2.24) is 10.2 Å². The average Bonchev–Trinajstić information content (AvgIpc) is 2.85. The minimum Gasteiger partial charge on any atom is -0.423 e. The fourth-order valence-electron chi connectivity index (χ4n) is 1.42. The zero-order chi connectivity index (χ0) is 12.3. The van der Waals surface area contributed by atoms with Crippen LogP contribution in [-0.4, -0.2) is 22.0 Å². The molecule has 1 heterocycles. The van der Waals surface area contributed by atoms with Gasteiger partial charge in [-0.3, -0.25) is 4.79 Å². The van der Waals surface area contributed by atoms with E-state index in [1.54, 1.807) is 12.1 Å². The van der Waals surface area contributed by atoms with E-state index in [2.05, 4.69) is 15.5 Å². The molecule has 88 valence electrons. The second-order valence-electron chi connectivity index (χ2n) is 3.46. The number of hydrogen-bond acceptors (Lipinski definition) is 4. The molecule has 0 saturated heterocycles. The molecular weight excluding hydrogens is 242 g/mol. The Morgan fingerprint density at radius 3 is 2.94 bits per heavy atom. The molecule has 0 unspecified atom stereocenters. The summed E-state index contributed by atoms with van der Waals surface area (Å²) in [5.41, 5.74) is 2.43. The second-order valence-corrected chi connectivity index (χ2v) is 3.72. The molecule has 0 radical (unpaired) electrons. The van der Waals surface area contributed by atoms with Crippen molar-refractivity contribution in [3.05, 3.63) is 30.2 Å². The first-order valence-corrected chi connectivity index (χ1v) is 5.47. The molecule has 2 aromatic rings. The summed E-state index contributed by atoms with van der Waals surface area (Å²) in [5.74, 6) is 0.147. The third kappa shape index (κ3) is 2.62. The van der Waals surface area contributed by atoms with Crippen molar-refractivity contribution in [3.63, 3.8) is 0 Å². The van der Waals surface area contributed by atoms with Crippen LogP contribution in [0.15, 0.2) is 29.0 Å². The van der Waals surface area contributed by atoms with E-state index in [0.29, 0.717) is 5.89 Å². The van der Waals surface area contributed by atoms with Gasteiger partial charge in [-0.05, 0) is 30.7 Å². The van der Waals surface area contributed by atoms with Crippen molar-refractivity contribution in [2.75, 3.05) is 11.2 Å². The Balaban J connectivity index is 2.26. The molecule has 5 nitrogen and oxygen atoms in total. The molecule has 0 saturated carbocycles. The first-order chi connectivity index (χ1) is 8.20. The van der Waals surface area contributed by atoms with Crippen molar-refractivity contribution in [3.8, 4) is 11.5 Å². The van der Waals surface area contributed by atoms with Gasteiger partial charge in [-0.25, -0.2) is 0 Å². The molecule has 17 heavy (non-hydrogen) atoms.